The van der Waals surface area contributed by atoms with Crippen LogP contribution in [0.5, 0.6) is 0 Å². The van der Waals surface area contributed by atoms with Crippen molar-refractivity contribution in [2.24, 2.45) is 0 Å². The number of nitrogens with one attached hydrogen (secondary N) is 1. The van der Waals surface area contributed by atoms with Gasteiger partial charge in [0.1, 0.15) is 18.0 Å². The molecule has 0 saturated carbocycles. The third-order valence-electron chi connectivity index (χ3n) is 3.87. The molecule has 0 aliphatic rings. The molecule has 2 heterocycles. The van der Waals surface area contributed by atoms with Crippen molar-refractivity contribution in [2.45, 2.75) is 52.9 Å². The average molecular weight is 344 g/mol. The fourth-order valence-corrected chi connectivity index (χ4v) is 2.61. The molecule has 0 aliphatic carbocycles. The first kappa shape index (κ1) is 18.0. The third kappa shape index (κ3) is 3.95. The van der Waals surface area contributed by atoms with E-state index < -0.39 is 18.6 Å². The van der Waals surface area contributed by atoms with Crippen LogP contribution in [0.4, 0.5) is 13.2 Å². The summed E-state index contributed by atoms with van der Waals surface area (Å²) < 4.78 is 43.7. The second-order valence-corrected chi connectivity index (χ2v) is 5.65. The normalized spacial score (nSPS) is 13.1. The quantitative estimate of drug-likeness (QED) is 0.905. The molecule has 1 amide bonds. The first-order valence-corrected chi connectivity index (χ1v) is 7.37. The van der Waals surface area contributed by atoms with Gasteiger partial charge in [-0.1, -0.05) is 0 Å². The van der Waals surface area contributed by atoms with E-state index in [4.69, 9.17) is 4.42 Å². The van der Waals surface area contributed by atoms with Crippen LogP contribution in [0, 0.1) is 20.8 Å². The summed E-state index contributed by atoms with van der Waals surface area (Å²) in [6.45, 7) is 5.52. The Morgan fingerprint density at radius 3 is 2.58 bits per heavy atom. The number of aromatic nitrogens is 3. The van der Waals surface area contributed by atoms with E-state index >= 15 is 0 Å². The molecule has 0 aromatic carbocycles. The molecular weight excluding hydrogens is 325 g/mol. The van der Waals surface area contributed by atoms with Crippen molar-refractivity contribution in [1.29, 1.82) is 0 Å². The van der Waals surface area contributed by atoms with Gasteiger partial charge in [-0.3, -0.25) is 9.48 Å². The zero-order chi connectivity index (χ0) is 18.1. The van der Waals surface area contributed by atoms with Gasteiger partial charge in [0, 0.05) is 11.3 Å². The van der Waals surface area contributed by atoms with Gasteiger partial charge in [-0.25, -0.2) is 4.98 Å². The number of halogens is 3. The third-order valence-corrected chi connectivity index (χ3v) is 3.87. The number of aryl methyl sites for hydroxylation is 2. The lowest BCUT2D eigenvalue weighted by atomic mass is 9.98. The SMILES string of the molecule is Cc1nn(CC(F)(F)F)c(C)c1[C@H](C)C(=O)NCc1ncoc1C. The van der Waals surface area contributed by atoms with Crippen LogP contribution in [0.3, 0.4) is 0 Å². The summed E-state index contributed by atoms with van der Waals surface area (Å²) in [4.78, 5) is 16.3. The summed E-state index contributed by atoms with van der Waals surface area (Å²) >= 11 is 0. The number of rotatable bonds is 5. The Kier molecular flexibility index (Phi) is 5.00. The number of hydrogen-bond donors (Lipinski definition) is 1. The fourth-order valence-electron chi connectivity index (χ4n) is 2.61. The topological polar surface area (TPSA) is 73.0 Å². The molecule has 2 aromatic heterocycles. The maximum atomic E-state index is 12.6. The van der Waals surface area contributed by atoms with E-state index in [-0.39, 0.29) is 12.5 Å². The van der Waals surface area contributed by atoms with Crippen LogP contribution in [0.2, 0.25) is 0 Å². The summed E-state index contributed by atoms with van der Waals surface area (Å²) in [5, 5.41) is 6.63. The van der Waals surface area contributed by atoms with Gasteiger partial charge >= 0.3 is 6.18 Å². The fraction of sp³-hybridized carbons (Fsp3) is 0.533. The van der Waals surface area contributed by atoms with Gasteiger partial charge in [0.2, 0.25) is 5.91 Å². The minimum Gasteiger partial charge on any atom is -0.448 e. The molecular formula is C15H19F3N4O2. The van der Waals surface area contributed by atoms with E-state index in [9.17, 15) is 18.0 Å². The predicted molar refractivity (Wildman–Crippen MR) is 79.3 cm³/mol. The van der Waals surface area contributed by atoms with Crippen molar-refractivity contribution in [2.75, 3.05) is 0 Å². The molecule has 6 nitrogen and oxygen atoms in total. The highest BCUT2D eigenvalue weighted by Crippen LogP contribution is 2.26. The van der Waals surface area contributed by atoms with Crippen LogP contribution in [-0.2, 0) is 17.9 Å². The number of amides is 1. The van der Waals surface area contributed by atoms with Crippen molar-refractivity contribution >= 4 is 5.91 Å². The van der Waals surface area contributed by atoms with Crippen LogP contribution in [-0.4, -0.2) is 26.8 Å². The van der Waals surface area contributed by atoms with Crippen molar-refractivity contribution in [3.05, 3.63) is 34.8 Å². The van der Waals surface area contributed by atoms with E-state index in [2.05, 4.69) is 15.4 Å². The lowest BCUT2D eigenvalue weighted by molar-refractivity contribution is -0.143. The first-order chi connectivity index (χ1) is 11.1. The van der Waals surface area contributed by atoms with Gasteiger partial charge < -0.3 is 9.73 Å². The lowest BCUT2D eigenvalue weighted by Gasteiger charge is -2.13. The molecule has 0 bridgehead atoms. The van der Waals surface area contributed by atoms with Crippen molar-refractivity contribution in [1.82, 2.24) is 20.1 Å². The molecule has 2 aromatic rings. The molecule has 0 unspecified atom stereocenters. The highest BCUT2D eigenvalue weighted by atomic mass is 19.4. The Bertz CT molecular complexity index is 734. The molecule has 24 heavy (non-hydrogen) atoms. The number of alkyl halides is 3. The number of hydrogen-bond acceptors (Lipinski definition) is 4. The minimum atomic E-state index is -4.36. The molecule has 1 atom stereocenters. The molecule has 0 fully saturated rings. The zero-order valence-corrected chi connectivity index (χ0v) is 13.9. The summed E-state index contributed by atoms with van der Waals surface area (Å²) in [6, 6.07) is 0. The van der Waals surface area contributed by atoms with E-state index in [1.807, 2.05) is 0 Å². The standard InChI is InChI=1S/C15H19F3N4O2/c1-8(14(23)19-5-12-11(4)24-7-20-12)13-9(2)21-22(10(13)3)6-15(16,17)18/h7-8H,5-6H2,1-4H3,(H,19,23)/t8-/m0/s1. The summed E-state index contributed by atoms with van der Waals surface area (Å²) in [7, 11) is 0. The van der Waals surface area contributed by atoms with E-state index in [1.165, 1.54) is 13.3 Å². The second kappa shape index (κ2) is 6.66. The monoisotopic (exact) mass is 344 g/mol. The second-order valence-electron chi connectivity index (χ2n) is 5.65. The van der Waals surface area contributed by atoms with Gasteiger partial charge in [0.05, 0.1) is 18.2 Å². The largest absolute Gasteiger partial charge is 0.448 e. The number of nitrogens with zero attached hydrogens (tertiary/aromatic N) is 3. The van der Waals surface area contributed by atoms with E-state index in [1.54, 1.807) is 20.8 Å². The number of carbonyl (C=O) groups is 1. The Balaban J connectivity index is 2.12. The van der Waals surface area contributed by atoms with Crippen molar-refractivity contribution in [3.8, 4) is 0 Å². The van der Waals surface area contributed by atoms with Crippen molar-refractivity contribution in [3.63, 3.8) is 0 Å². The summed E-state index contributed by atoms with van der Waals surface area (Å²) in [5.74, 6) is -0.331. The average Bonchev–Trinajstić information content (AvgIpc) is 2.98. The molecule has 0 radical (unpaired) electrons. The Hall–Kier alpha value is -2.32. The molecule has 132 valence electrons. The Morgan fingerprint density at radius 2 is 2.04 bits per heavy atom. The maximum absolute atomic E-state index is 12.6. The molecule has 9 heteroatoms. The number of carbonyl (C=O) groups excluding carboxylic acids is 1. The lowest BCUT2D eigenvalue weighted by Crippen LogP contribution is -2.28. The van der Waals surface area contributed by atoms with Gasteiger partial charge in [-0.05, 0) is 27.7 Å². The minimum absolute atomic E-state index is 0.195. The predicted octanol–water partition coefficient (Wildman–Crippen LogP) is 2.78. The molecule has 2 rings (SSSR count). The Labute approximate surface area is 137 Å². The zero-order valence-electron chi connectivity index (χ0n) is 13.9. The summed E-state index contributed by atoms with van der Waals surface area (Å²) in [5.41, 5.74) is 1.87. The Morgan fingerprint density at radius 1 is 1.38 bits per heavy atom. The first-order valence-electron chi connectivity index (χ1n) is 7.37. The van der Waals surface area contributed by atoms with Crippen LogP contribution < -0.4 is 5.32 Å². The van der Waals surface area contributed by atoms with E-state index in [0.29, 0.717) is 28.4 Å². The van der Waals surface area contributed by atoms with Gasteiger partial charge in [0.15, 0.2) is 6.39 Å². The van der Waals surface area contributed by atoms with Gasteiger partial charge in [-0.2, -0.15) is 18.3 Å². The van der Waals surface area contributed by atoms with Crippen LogP contribution in [0.25, 0.3) is 0 Å². The highest BCUT2D eigenvalue weighted by molar-refractivity contribution is 5.83. The maximum Gasteiger partial charge on any atom is 0.408 e. The number of oxazole rings is 1. The molecule has 0 spiro atoms. The molecule has 0 saturated heterocycles. The smallest absolute Gasteiger partial charge is 0.408 e. The van der Waals surface area contributed by atoms with Crippen molar-refractivity contribution < 1.29 is 22.4 Å². The van der Waals surface area contributed by atoms with Crippen LogP contribution in [0.15, 0.2) is 10.8 Å². The highest BCUT2D eigenvalue weighted by Gasteiger charge is 2.31. The van der Waals surface area contributed by atoms with E-state index in [0.717, 1.165) is 4.68 Å². The summed E-state index contributed by atoms with van der Waals surface area (Å²) in [6.07, 6.45) is -3.08. The van der Waals surface area contributed by atoms with Crippen LogP contribution in [0.1, 0.15) is 41.2 Å². The molecule has 1 N–H and O–H groups in total. The van der Waals surface area contributed by atoms with Gasteiger partial charge in [-0.15, -0.1) is 0 Å². The van der Waals surface area contributed by atoms with Gasteiger partial charge in [0.25, 0.3) is 0 Å². The molecule has 0 aliphatic heterocycles. The van der Waals surface area contributed by atoms with Crippen LogP contribution >= 0.6 is 0 Å².